The van der Waals surface area contributed by atoms with Gasteiger partial charge >= 0.3 is 18.2 Å². The molecule has 0 radical (unpaired) electrons. The van der Waals surface area contributed by atoms with Gasteiger partial charge in [-0.25, -0.2) is 14.3 Å². The zero-order valence-corrected chi connectivity index (χ0v) is 18.9. The summed E-state index contributed by atoms with van der Waals surface area (Å²) in [6, 6.07) is 0.791. The number of carbonyl (C=O) groups is 3. The molecule has 0 spiro atoms. The van der Waals surface area contributed by atoms with Crippen molar-refractivity contribution in [1.29, 1.82) is 0 Å². The van der Waals surface area contributed by atoms with Crippen LogP contribution in [0.1, 0.15) is 48.8 Å². The predicted octanol–water partition coefficient (Wildman–Crippen LogP) is 3.83. The average molecular weight is 497 g/mol. The van der Waals surface area contributed by atoms with Crippen molar-refractivity contribution in [3.8, 4) is 5.69 Å². The zero-order chi connectivity index (χ0) is 24.4. The molecule has 2 aromatic rings. The lowest BCUT2D eigenvalue weighted by molar-refractivity contribution is -0.141. The number of carbonyl (C=O) groups excluding carboxylic acids is 2. The molecule has 14 heteroatoms. The van der Waals surface area contributed by atoms with Crippen molar-refractivity contribution in [3.05, 3.63) is 32.7 Å². The molecule has 0 aromatic carbocycles. The average Bonchev–Trinajstić information content (AvgIpc) is 3.21. The van der Waals surface area contributed by atoms with Crippen LogP contribution in [0.5, 0.6) is 0 Å². The van der Waals surface area contributed by atoms with Gasteiger partial charge in [-0.1, -0.05) is 11.6 Å². The quantitative estimate of drug-likeness (QED) is 0.558. The highest BCUT2D eigenvalue weighted by Crippen LogP contribution is 2.34. The van der Waals surface area contributed by atoms with E-state index >= 15 is 0 Å². The molecule has 0 saturated carbocycles. The first-order valence-electron chi connectivity index (χ1n) is 9.05. The molecule has 2 rings (SSSR count). The maximum absolute atomic E-state index is 12.9. The topological polar surface area (TPSA) is 123 Å². The highest BCUT2D eigenvalue weighted by Gasteiger charge is 2.36. The van der Waals surface area contributed by atoms with Crippen LogP contribution in [0.25, 0.3) is 5.69 Å². The Labute approximate surface area is 189 Å². The van der Waals surface area contributed by atoms with Crippen LogP contribution in [0, 0.1) is 0 Å². The molecule has 176 valence electrons. The minimum absolute atomic E-state index is 0.0199. The lowest BCUT2D eigenvalue weighted by atomic mass is 10.2. The molecule has 2 aromatic heterocycles. The Morgan fingerprint density at radius 1 is 1.28 bits per heavy atom. The van der Waals surface area contributed by atoms with E-state index in [1.54, 1.807) is 20.8 Å². The van der Waals surface area contributed by atoms with Gasteiger partial charge in [-0.15, -0.1) is 11.3 Å². The number of amides is 2. The van der Waals surface area contributed by atoms with Crippen LogP contribution in [0.4, 0.5) is 18.0 Å². The van der Waals surface area contributed by atoms with Crippen molar-refractivity contribution in [2.75, 3.05) is 0 Å². The first kappa shape index (κ1) is 25.5. The van der Waals surface area contributed by atoms with Gasteiger partial charge in [0.25, 0.3) is 0 Å². The van der Waals surface area contributed by atoms with E-state index in [0.29, 0.717) is 15.6 Å². The maximum Gasteiger partial charge on any atom is 0.435 e. The van der Waals surface area contributed by atoms with Gasteiger partial charge in [-0.2, -0.15) is 18.3 Å². The Balaban J connectivity index is 2.12. The molecule has 2 heterocycles. The van der Waals surface area contributed by atoms with E-state index in [4.69, 9.17) is 16.3 Å². The summed E-state index contributed by atoms with van der Waals surface area (Å²) in [5.74, 6) is -2.17. The molecule has 0 fully saturated rings. The van der Waals surface area contributed by atoms with Crippen molar-refractivity contribution >= 4 is 40.9 Å². The van der Waals surface area contributed by atoms with Gasteiger partial charge in [0.15, 0.2) is 11.4 Å². The molecule has 0 bridgehead atoms. The van der Waals surface area contributed by atoms with Crippen molar-refractivity contribution in [3.63, 3.8) is 0 Å². The zero-order valence-electron chi connectivity index (χ0n) is 17.3. The van der Waals surface area contributed by atoms with Gasteiger partial charge in [0.2, 0.25) is 5.91 Å². The number of ether oxygens (including phenoxy) is 1. The molecule has 0 saturated heterocycles. The monoisotopic (exact) mass is 496 g/mol. The third-order valence-corrected chi connectivity index (χ3v) is 5.07. The number of halogens is 4. The SMILES string of the molecule is C[C@H](NC(=O)OC(C)(C)C)C(=O)NCc1cc(-n2nc(C(F)(F)F)cc2C(=O)O)c(Cl)s1. The fourth-order valence-corrected chi connectivity index (χ4v) is 3.60. The number of carboxylic acids is 1. The van der Waals surface area contributed by atoms with E-state index in [2.05, 4.69) is 15.7 Å². The Hall–Kier alpha value is -2.80. The number of nitrogens with one attached hydrogen (secondary N) is 2. The number of alkyl halides is 3. The van der Waals surface area contributed by atoms with Crippen LogP contribution in [0.15, 0.2) is 12.1 Å². The second-order valence-electron chi connectivity index (χ2n) is 7.59. The van der Waals surface area contributed by atoms with Crippen LogP contribution in [0.3, 0.4) is 0 Å². The molecule has 3 N–H and O–H groups in total. The first-order valence-corrected chi connectivity index (χ1v) is 10.2. The van der Waals surface area contributed by atoms with Crippen LogP contribution < -0.4 is 10.6 Å². The van der Waals surface area contributed by atoms with Crippen molar-refractivity contribution < 1.29 is 37.4 Å². The van der Waals surface area contributed by atoms with Gasteiger partial charge in [0, 0.05) is 10.9 Å². The van der Waals surface area contributed by atoms with Gasteiger partial charge in [0.1, 0.15) is 16.0 Å². The van der Waals surface area contributed by atoms with Crippen LogP contribution >= 0.6 is 22.9 Å². The summed E-state index contributed by atoms with van der Waals surface area (Å²) in [5, 5.41) is 17.4. The normalized spacial score (nSPS) is 12.9. The molecule has 0 aliphatic rings. The first-order chi connectivity index (χ1) is 14.6. The summed E-state index contributed by atoms with van der Waals surface area (Å²) in [6.45, 7) is 6.38. The number of carboxylic acid groups (broad SMARTS) is 1. The number of hydrogen-bond acceptors (Lipinski definition) is 6. The molecule has 9 nitrogen and oxygen atoms in total. The minimum atomic E-state index is -4.84. The van der Waals surface area contributed by atoms with E-state index in [-0.39, 0.29) is 16.6 Å². The predicted molar refractivity (Wildman–Crippen MR) is 109 cm³/mol. The number of aromatic nitrogens is 2. The van der Waals surface area contributed by atoms with Crippen LogP contribution in [-0.4, -0.2) is 44.5 Å². The number of nitrogens with zero attached hydrogens (tertiary/aromatic N) is 2. The summed E-state index contributed by atoms with van der Waals surface area (Å²) < 4.78 is 44.5. The third kappa shape index (κ3) is 6.60. The number of thiophene rings is 1. The van der Waals surface area contributed by atoms with Crippen LogP contribution in [-0.2, 0) is 22.3 Å². The smallest absolute Gasteiger partial charge is 0.435 e. The Kier molecular flexibility index (Phi) is 7.45. The molecular formula is C18H20ClF3N4O5S. The lowest BCUT2D eigenvalue weighted by Crippen LogP contribution is -2.46. The summed E-state index contributed by atoms with van der Waals surface area (Å²) in [7, 11) is 0. The van der Waals surface area contributed by atoms with E-state index in [1.165, 1.54) is 13.0 Å². The van der Waals surface area contributed by atoms with E-state index in [1.807, 2.05) is 0 Å². The highest BCUT2D eigenvalue weighted by atomic mass is 35.5. The van der Waals surface area contributed by atoms with Crippen LogP contribution in [0.2, 0.25) is 4.34 Å². The summed E-state index contributed by atoms with van der Waals surface area (Å²) in [6.07, 6.45) is -5.62. The second kappa shape index (κ2) is 9.36. The van der Waals surface area contributed by atoms with E-state index in [0.717, 1.165) is 11.3 Å². The molecular weight excluding hydrogens is 477 g/mol. The fourth-order valence-electron chi connectivity index (χ4n) is 2.37. The van der Waals surface area contributed by atoms with E-state index < -0.39 is 47.2 Å². The van der Waals surface area contributed by atoms with Gasteiger partial charge in [0.05, 0.1) is 12.2 Å². The molecule has 0 aliphatic carbocycles. The summed E-state index contributed by atoms with van der Waals surface area (Å²) >= 11 is 7.01. The highest BCUT2D eigenvalue weighted by molar-refractivity contribution is 7.16. The Morgan fingerprint density at radius 2 is 1.91 bits per heavy atom. The molecule has 32 heavy (non-hydrogen) atoms. The standard InChI is InChI=1S/C18H20ClF3N4O5S/c1-8(24-16(30)31-17(2,3)4)14(27)23-7-9-5-10(13(19)32-9)26-11(15(28)29)6-12(25-26)18(20,21)22/h5-6,8H,7H2,1-4H3,(H,23,27)(H,24,30)(H,28,29)/t8-/m0/s1. The number of alkyl carbamates (subject to hydrolysis) is 1. The molecule has 1 atom stereocenters. The van der Waals surface area contributed by atoms with Crippen molar-refractivity contribution in [2.24, 2.45) is 0 Å². The summed E-state index contributed by atoms with van der Waals surface area (Å²) in [4.78, 5) is 35.7. The van der Waals surface area contributed by atoms with Crippen molar-refractivity contribution in [2.45, 2.75) is 52.1 Å². The minimum Gasteiger partial charge on any atom is -0.477 e. The third-order valence-electron chi connectivity index (χ3n) is 3.73. The second-order valence-corrected chi connectivity index (χ2v) is 9.33. The van der Waals surface area contributed by atoms with Crippen molar-refractivity contribution in [1.82, 2.24) is 20.4 Å². The summed E-state index contributed by atoms with van der Waals surface area (Å²) in [5.41, 5.74) is -2.91. The number of hydrogen-bond donors (Lipinski definition) is 3. The molecule has 0 aliphatic heterocycles. The van der Waals surface area contributed by atoms with E-state index in [9.17, 15) is 32.7 Å². The Bertz CT molecular complexity index is 1030. The van der Waals surface area contributed by atoms with Gasteiger partial charge < -0.3 is 20.5 Å². The number of rotatable bonds is 6. The lowest BCUT2D eigenvalue weighted by Gasteiger charge is -2.21. The Morgan fingerprint density at radius 3 is 2.44 bits per heavy atom. The molecule has 0 unspecified atom stereocenters. The van der Waals surface area contributed by atoms with Gasteiger partial charge in [-0.05, 0) is 33.8 Å². The fraction of sp³-hybridized carbons (Fsp3) is 0.444. The maximum atomic E-state index is 12.9. The number of aromatic carboxylic acids is 1. The molecule has 2 amide bonds. The largest absolute Gasteiger partial charge is 0.477 e. The van der Waals surface area contributed by atoms with Gasteiger partial charge in [-0.3, -0.25) is 4.79 Å².